The van der Waals surface area contributed by atoms with Gasteiger partial charge in [-0.3, -0.25) is 9.36 Å². The van der Waals surface area contributed by atoms with Crippen molar-refractivity contribution in [1.82, 2.24) is 13.8 Å². The maximum Gasteiger partial charge on any atom is 0.431 e. The first-order chi connectivity index (χ1) is 21.2. The first-order valence-electron chi connectivity index (χ1n) is 13.8. The molecular weight excluding hydrogens is 609 g/mol. The third kappa shape index (κ3) is 7.26. The number of nitrogens with zero attached hydrogens (tertiary/aromatic N) is 4. The fourth-order valence-corrected chi connectivity index (χ4v) is 4.81. The highest BCUT2D eigenvalue weighted by molar-refractivity contribution is 6.33. The molecule has 0 N–H and O–H groups in total. The Morgan fingerprint density at radius 1 is 0.867 bits per heavy atom. The molecule has 0 aliphatic carbocycles. The first-order valence-corrected chi connectivity index (χ1v) is 14.2. The molecule has 0 bridgehead atoms. The zero-order chi connectivity index (χ0) is 33.1. The van der Waals surface area contributed by atoms with Crippen molar-refractivity contribution in [1.29, 1.82) is 0 Å². The molecule has 0 unspecified atom stereocenters. The molecule has 0 saturated heterocycles. The van der Waals surface area contributed by atoms with E-state index in [9.17, 15) is 27.6 Å². The molecular formula is C33H31ClF3N4O4+. The number of carbonyl (C=O) groups is 1. The summed E-state index contributed by atoms with van der Waals surface area (Å²) < 4.78 is 48.9. The highest BCUT2D eigenvalue weighted by atomic mass is 35.5. The standard InChI is InChI=1S/C17H17N2.C16H14ClF3N2O4/c1-18-16(14-9-5-3-6-10-14)13-17(19(18)2)15-11-7-4-8-12-15;1-8(2)26-14(24)10-6-9(4-5-11(10)17)22-13(23)7-12(16(18,19)20)21(3)15(22)25/h3-13H,1-2H3;4-8H,1-3H3/q+1;. The molecule has 0 aliphatic heterocycles. The molecule has 5 aromatic rings. The molecule has 0 fully saturated rings. The van der Waals surface area contributed by atoms with E-state index in [1.165, 1.54) is 34.6 Å². The Kier molecular flexibility index (Phi) is 9.82. The van der Waals surface area contributed by atoms with Crippen LogP contribution in [0.15, 0.2) is 101 Å². The summed E-state index contributed by atoms with van der Waals surface area (Å²) in [6, 6.07) is 27.1. The SMILES string of the molecule is CC(C)OC(=O)c1cc(-n2c(=O)cc(C(F)(F)F)n(C)c2=O)ccc1Cl.Cn1c(-c2ccccc2)cc(-c2ccccc2)[n+]1C. The van der Waals surface area contributed by atoms with Gasteiger partial charge in [0.05, 0.1) is 29.4 Å². The van der Waals surface area contributed by atoms with Gasteiger partial charge in [0, 0.05) is 30.3 Å². The third-order valence-electron chi connectivity index (χ3n) is 6.94. The van der Waals surface area contributed by atoms with Crippen molar-refractivity contribution in [2.45, 2.75) is 26.1 Å². The van der Waals surface area contributed by atoms with E-state index in [4.69, 9.17) is 16.3 Å². The zero-order valence-corrected chi connectivity index (χ0v) is 25.9. The fourth-order valence-electron chi connectivity index (χ4n) is 4.62. The van der Waals surface area contributed by atoms with Crippen molar-refractivity contribution in [3.63, 3.8) is 0 Å². The number of alkyl halides is 3. The van der Waals surface area contributed by atoms with Crippen LogP contribution in [0.25, 0.3) is 28.2 Å². The van der Waals surface area contributed by atoms with Gasteiger partial charge in [-0.05, 0) is 44.2 Å². The maximum absolute atomic E-state index is 12.9. The Labute approximate surface area is 262 Å². The molecule has 2 heterocycles. The maximum atomic E-state index is 12.9. The molecule has 12 heteroatoms. The Morgan fingerprint density at radius 2 is 1.44 bits per heavy atom. The lowest BCUT2D eigenvalue weighted by atomic mass is 10.1. The number of esters is 1. The van der Waals surface area contributed by atoms with Gasteiger partial charge in [0.25, 0.3) is 5.56 Å². The van der Waals surface area contributed by atoms with E-state index in [1.54, 1.807) is 13.8 Å². The highest BCUT2D eigenvalue weighted by Crippen LogP contribution is 2.27. The van der Waals surface area contributed by atoms with Crippen LogP contribution < -0.4 is 15.9 Å². The normalized spacial score (nSPS) is 11.2. The second-order valence-electron chi connectivity index (χ2n) is 10.4. The summed E-state index contributed by atoms with van der Waals surface area (Å²) >= 11 is 5.94. The van der Waals surface area contributed by atoms with Crippen LogP contribution in [0, 0.1) is 0 Å². The quantitative estimate of drug-likeness (QED) is 0.176. The minimum absolute atomic E-state index is 0.0104. The molecule has 5 rings (SSSR count). The summed E-state index contributed by atoms with van der Waals surface area (Å²) in [5.74, 6) is -0.788. The van der Waals surface area contributed by atoms with Gasteiger partial charge in [-0.1, -0.05) is 60.1 Å². The molecule has 0 atom stereocenters. The monoisotopic (exact) mass is 639 g/mol. The van der Waals surface area contributed by atoms with Crippen LogP contribution in [0.2, 0.25) is 5.02 Å². The molecule has 8 nitrogen and oxygen atoms in total. The van der Waals surface area contributed by atoms with Crippen LogP contribution in [0.3, 0.4) is 0 Å². The van der Waals surface area contributed by atoms with E-state index >= 15 is 0 Å². The third-order valence-corrected chi connectivity index (χ3v) is 7.27. The number of carbonyl (C=O) groups excluding carboxylic acids is 1. The number of halogens is 4. The minimum atomic E-state index is -4.86. The Bertz CT molecular complexity index is 1890. The van der Waals surface area contributed by atoms with Gasteiger partial charge in [-0.15, -0.1) is 4.68 Å². The van der Waals surface area contributed by atoms with Gasteiger partial charge in [0.15, 0.2) is 7.05 Å². The molecule has 0 spiro atoms. The van der Waals surface area contributed by atoms with E-state index < -0.39 is 35.2 Å². The molecule has 45 heavy (non-hydrogen) atoms. The predicted molar refractivity (Wildman–Crippen MR) is 165 cm³/mol. The summed E-state index contributed by atoms with van der Waals surface area (Å²) in [4.78, 5) is 36.4. The zero-order valence-electron chi connectivity index (χ0n) is 25.2. The summed E-state index contributed by atoms with van der Waals surface area (Å²) in [6.07, 6.45) is -5.30. The van der Waals surface area contributed by atoms with Crippen molar-refractivity contribution in [3.05, 3.63) is 128 Å². The van der Waals surface area contributed by atoms with Crippen molar-refractivity contribution in [2.75, 3.05) is 0 Å². The van der Waals surface area contributed by atoms with Gasteiger partial charge in [0.1, 0.15) is 11.4 Å². The van der Waals surface area contributed by atoms with Gasteiger partial charge >= 0.3 is 17.8 Å². The van der Waals surface area contributed by atoms with Gasteiger partial charge in [-0.2, -0.15) is 17.9 Å². The molecule has 234 valence electrons. The van der Waals surface area contributed by atoms with E-state index in [2.05, 4.69) is 78.1 Å². The second-order valence-corrected chi connectivity index (χ2v) is 10.8. The van der Waals surface area contributed by atoms with Gasteiger partial charge in [0.2, 0.25) is 5.69 Å². The summed E-state index contributed by atoms with van der Waals surface area (Å²) in [5.41, 5.74) is 0.920. The van der Waals surface area contributed by atoms with Crippen LogP contribution in [-0.4, -0.2) is 25.9 Å². The Hall–Kier alpha value is -4.90. The minimum Gasteiger partial charge on any atom is -0.459 e. The van der Waals surface area contributed by atoms with E-state index in [0.29, 0.717) is 15.2 Å². The van der Waals surface area contributed by atoms with Crippen LogP contribution >= 0.6 is 11.6 Å². The molecule has 3 aromatic carbocycles. The summed E-state index contributed by atoms with van der Waals surface area (Å²) in [5, 5.41) is 0.0104. The lowest BCUT2D eigenvalue weighted by molar-refractivity contribution is -0.740. The lowest BCUT2D eigenvalue weighted by Crippen LogP contribution is -2.40. The van der Waals surface area contributed by atoms with Crippen molar-refractivity contribution in [2.24, 2.45) is 21.1 Å². The van der Waals surface area contributed by atoms with E-state index in [1.807, 2.05) is 12.1 Å². The van der Waals surface area contributed by atoms with Crippen LogP contribution in [0.4, 0.5) is 13.2 Å². The molecule has 0 aliphatic rings. The largest absolute Gasteiger partial charge is 0.459 e. The Morgan fingerprint density at radius 3 is 2.00 bits per heavy atom. The number of hydrogen-bond donors (Lipinski definition) is 0. The second kappa shape index (κ2) is 13.4. The number of rotatable bonds is 5. The van der Waals surface area contributed by atoms with Crippen molar-refractivity contribution in [3.8, 4) is 28.2 Å². The van der Waals surface area contributed by atoms with Gasteiger partial charge in [-0.25, -0.2) is 14.2 Å². The summed E-state index contributed by atoms with van der Waals surface area (Å²) in [7, 11) is 5.08. The number of benzene rings is 3. The first kappa shape index (κ1) is 33.0. The van der Waals surface area contributed by atoms with Crippen LogP contribution in [0.5, 0.6) is 0 Å². The van der Waals surface area contributed by atoms with Crippen LogP contribution in [0.1, 0.15) is 29.9 Å². The average Bonchev–Trinajstić information content (AvgIpc) is 3.29. The molecule has 0 amide bonds. The topological polar surface area (TPSA) is 79.1 Å². The number of aromatic nitrogens is 4. The fraction of sp³-hybridized carbons (Fsp3) is 0.212. The van der Waals surface area contributed by atoms with Gasteiger partial charge < -0.3 is 4.74 Å². The van der Waals surface area contributed by atoms with Crippen molar-refractivity contribution >= 4 is 17.6 Å². The Balaban J connectivity index is 0.000000214. The average molecular weight is 640 g/mol. The lowest BCUT2D eigenvalue weighted by Gasteiger charge is -2.15. The van der Waals surface area contributed by atoms with E-state index in [-0.39, 0.29) is 16.3 Å². The van der Waals surface area contributed by atoms with Crippen LogP contribution in [-0.2, 0) is 32.1 Å². The van der Waals surface area contributed by atoms with Crippen molar-refractivity contribution < 1.29 is 27.4 Å². The predicted octanol–water partition coefficient (Wildman–Crippen LogP) is 5.96. The van der Waals surface area contributed by atoms with E-state index in [0.717, 1.165) is 13.1 Å². The smallest absolute Gasteiger partial charge is 0.431 e. The number of hydrogen-bond acceptors (Lipinski definition) is 4. The molecule has 0 radical (unpaired) electrons. The molecule has 0 saturated carbocycles. The highest BCUT2D eigenvalue weighted by Gasteiger charge is 2.35. The summed E-state index contributed by atoms with van der Waals surface area (Å²) in [6.45, 7) is 3.23. The molecule has 2 aromatic heterocycles. The number of ether oxygens (including phenoxy) is 1.